The Balaban J connectivity index is 1.87. The Kier molecular flexibility index (Phi) is 6.11. The highest BCUT2D eigenvalue weighted by atomic mass is 35.5. The van der Waals surface area contributed by atoms with Crippen LogP contribution in [0.3, 0.4) is 0 Å². The van der Waals surface area contributed by atoms with Crippen molar-refractivity contribution in [1.82, 2.24) is 9.88 Å². The molecular weight excluding hydrogens is 314 g/mol. The number of nitrogens with zero attached hydrogens (tertiary/aromatic N) is 2. The molecule has 1 aromatic heterocycles. The summed E-state index contributed by atoms with van der Waals surface area (Å²) >= 11 is 5.80. The van der Waals surface area contributed by atoms with E-state index in [1.54, 1.807) is 35.4 Å². The lowest BCUT2D eigenvalue weighted by molar-refractivity contribution is -0.130. The Morgan fingerprint density at radius 1 is 1.17 bits per heavy atom. The molecule has 0 spiro atoms. The third kappa shape index (κ3) is 5.71. The number of halogens is 1. The van der Waals surface area contributed by atoms with E-state index in [2.05, 4.69) is 10.3 Å². The Labute approximate surface area is 140 Å². The number of benzene rings is 1. The summed E-state index contributed by atoms with van der Waals surface area (Å²) in [5.41, 5.74) is 1.47. The van der Waals surface area contributed by atoms with Gasteiger partial charge in [0.15, 0.2) is 0 Å². The maximum atomic E-state index is 12.0. The second kappa shape index (κ2) is 8.29. The molecule has 0 fully saturated rings. The van der Waals surface area contributed by atoms with Crippen molar-refractivity contribution in [1.29, 1.82) is 0 Å². The van der Waals surface area contributed by atoms with E-state index in [4.69, 9.17) is 11.6 Å². The highest BCUT2D eigenvalue weighted by Crippen LogP contribution is 2.13. The fourth-order valence-electron chi connectivity index (χ4n) is 2.03. The van der Waals surface area contributed by atoms with Gasteiger partial charge in [-0.25, -0.2) is 0 Å². The minimum absolute atomic E-state index is 0.0880. The van der Waals surface area contributed by atoms with Gasteiger partial charge in [0.05, 0.1) is 12.2 Å². The number of nitrogens with one attached hydrogen (secondary N) is 1. The molecule has 0 atom stereocenters. The first-order valence-corrected chi connectivity index (χ1v) is 7.63. The van der Waals surface area contributed by atoms with Gasteiger partial charge in [0.1, 0.15) is 0 Å². The van der Waals surface area contributed by atoms with Crippen molar-refractivity contribution in [2.24, 2.45) is 0 Å². The lowest BCUT2D eigenvalue weighted by Gasteiger charge is -2.20. The van der Waals surface area contributed by atoms with Crippen molar-refractivity contribution in [2.75, 3.05) is 11.9 Å². The van der Waals surface area contributed by atoms with Crippen molar-refractivity contribution >= 4 is 29.1 Å². The number of anilines is 1. The Morgan fingerprint density at radius 2 is 1.91 bits per heavy atom. The Hall–Kier alpha value is -2.40. The lowest BCUT2D eigenvalue weighted by Crippen LogP contribution is -2.31. The summed E-state index contributed by atoms with van der Waals surface area (Å²) in [6, 6.07) is 12.4. The van der Waals surface area contributed by atoms with E-state index in [0.29, 0.717) is 23.8 Å². The summed E-state index contributed by atoms with van der Waals surface area (Å²) < 4.78 is 0. The van der Waals surface area contributed by atoms with Crippen LogP contribution < -0.4 is 5.32 Å². The van der Waals surface area contributed by atoms with Gasteiger partial charge in [-0.15, -0.1) is 0 Å². The van der Waals surface area contributed by atoms with E-state index in [1.807, 2.05) is 18.2 Å². The maximum Gasteiger partial charge on any atom is 0.226 e. The van der Waals surface area contributed by atoms with Gasteiger partial charge in [0, 0.05) is 36.8 Å². The highest BCUT2D eigenvalue weighted by Gasteiger charge is 2.12. The maximum absolute atomic E-state index is 12.0. The minimum Gasteiger partial charge on any atom is -0.337 e. The molecule has 2 amide bonds. The van der Waals surface area contributed by atoms with E-state index in [9.17, 15) is 9.59 Å². The van der Waals surface area contributed by atoms with Gasteiger partial charge in [-0.05, 0) is 36.4 Å². The lowest BCUT2D eigenvalue weighted by atomic mass is 10.2. The van der Waals surface area contributed by atoms with E-state index < -0.39 is 0 Å². The summed E-state index contributed by atoms with van der Waals surface area (Å²) in [4.78, 5) is 29.5. The fourth-order valence-corrected chi connectivity index (χ4v) is 2.15. The average Bonchev–Trinajstić information content (AvgIpc) is 2.54. The predicted octanol–water partition coefficient (Wildman–Crippen LogP) is 3.11. The molecule has 0 radical (unpaired) electrons. The molecule has 2 aromatic rings. The van der Waals surface area contributed by atoms with Crippen molar-refractivity contribution in [2.45, 2.75) is 19.9 Å². The molecule has 0 aliphatic carbocycles. The topological polar surface area (TPSA) is 62.3 Å². The molecule has 0 aliphatic rings. The monoisotopic (exact) mass is 331 g/mol. The third-order valence-electron chi connectivity index (χ3n) is 3.26. The van der Waals surface area contributed by atoms with Crippen LogP contribution in [0.2, 0.25) is 5.02 Å². The molecule has 1 N–H and O–H groups in total. The number of hydrogen-bond donors (Lipinski definition) is 1. The molecule has 0 aliphatic heterocycles. The van der Waals surface area contributed by atoms with Crippen LogP contribution in [0.15, 0.2) is 48.7 Å². The van der Waals surface area contributed by atoms with Crippen LogP contribution in [0, 0.1) is 0 Å². The molecule has 23 heavy (non-hydrogen) atoms. The predicted molar refractivity (Wildman–Crippen MR) is 90.0 cm³/mol. The molecule has 1 aromatic carbocycles. The van der Waals surface area contributed by atoms with Crippen molar-refractivity contribution in [3.05, 3.63) is 59.4 Å². The van der Waals surface area contributed by atoms with Gasteiger partial charge in [-0.2, -0.15) is 0 Å². The number of pyridine rings is 1. The Morgan fingerprint density at radius 3 is 2.52 bits per heavy atom. The van der Waals surface area contributed by atoms with E-state index in [0.717, 1.165) is 5.69 Å². The first-order valence-electron chi connectivity index (χ1n) is 7.25. The summed E-state index contributed by atoms with van der Waals surface area (Å²) in [5, 5.41) is 3.39. The van der Waals surface area contributed by atoms with Crippen molar-refractivity contribution in [3.8, 4) is 0 Å². The number of hydrogen-bond acceptors (Lipinski definition) is 3. The molecule has 0 bridgehead atoms. The first kappa shape index (κ1) is 17.0. The second-order valence-electron chi connectivity index (χ2n) is 5.07. The molecule has 0 saturated heterocycles. The molecule has 6 heteroatoms. The zero-order valence-corrected chi connectivity index (χ0v) is 13.6. The van der Waals surface area contributed by atoms with E-state index in [1.165, 1.54) is 6.92 Å². The molecule has 5 nitrogen and oxygen atoms in total. The van der Waals surface area contributed by atoms with Crippen LogP contribution in [0.25, 0.3) is 0 Å². The van der Waals surface area contributed by atoms with Crippen molar-refractivity contribution in [3.63, 3.8) is 0 Å². The largest absolute Gasteiger partial charge is 0.337 e. The van der Waals surface area contributed by atoms with Crippen LogP contribution in [-0.2, 0) is 16.1 Å². The van der Waals surface area contributed by atoms with Crippen molar-refractivity contribution < 1.29 is 9.59 Å². The average molecular weight is 332 g/mol. The van der Waals surface area contributed by atoms with Crippen LogP contribution in [0.1, 0.15) is 19.0 Å². The third-order valence-corrected chi connectivity index (χ3v) is 3.51. The van der Waals surface area contributed by atoms with Crippen LogP contribution >= 0.6 is 11.6 Å². The zero-order chi connectivity index (χ0) is 16.7. The van der Waals surface area contributed by atoms with Gasteiger partial charge < -0.3 is 10.2 Å². The van der Waals surface area contributed by atoms with Gasteiger partial charge in [-0.3, -0.25) is 14.6 Å². The van der Waals surface area contributed by atoms with Gasteiger partial charge >= 0.3 is 0 Å². The highest BCUT2D eigenvalue weighted by molar-refractivity contribution is 6.30. The van der Waals surface area contributed by atoms with Crippen LogP contribution in [0.5, 0.6) is 0 Å². The summed E-state index contributed by atoms with van der Waals surface area (Å²) in [5.74, 6) is -0.241. The molecular formula is C17H18ClN3O2. The number of amides is 2. The number of rotatable bonds is 6. The fraction of sp³-hybridized carbons (Fsp3) is 0.235. The molecule has 0 unspecified atom stereocenters. The van der Waals surface area contributed by atoms with Crippen LogP contribution in [-0.4, -0.2) is 28.2 Å². The van der Waals surface area contributed by atoms with Gasteiger partial charge in [0.2, 0.25) is 11.8 Å². The van der Waals surface area contributed by atoms with E-state index >= 15 is 0 Å². The van der Waals surface area contributed by atoms with E-state index in [-0.39, 0.29) is 18.2 Å². The molecule has 1 heterocycles. The zero-order valence-electron chi connectivity index (χ0n) is 12.8. The summed E-state index contributed by atoms with van der Waals surface area (Å²) in [7, 11) is 0. The first-order chi connectivity index (χ1) is 11.0. The minimum atomic E-state index is -0.153. The summed E-state index contributed by atoms with van der Waals surface area (Å²) in [6.45, 7) is 2.22. The van der Waals surface area contributed by atoms with Crippen LogP contribution in [0.4, 0.5) is 5.69 Å². The molecule has 0 saturated carbocycles. The quantitative estimate of drug-likeness (QED) is 0.884. The number of aromatic nitrogens is 1. The molecule has 120 valence electrons. The SMILES string of the molecule is CC(=O)N(CCC(=O)Nc1ccc(Cl)cc1)Cc1ccccn1. The Bertz CT molecular complexity index is 659. The number of carbonyl (C=O) groups excluding carboxylic acids is 2. The standard InChI is InChI=1S/C17H18ClN3O2/c1-13(22)21(12-16-4-2-3-10-19-16)11-9-17(23)20-15-7-5-14(18)6-8-15/h2-8,10H,9,11-12H2,1H3,(H,20,23). The second-order valence-corrected chi connectivity index (χ2v) is 5.50. The normalized spacial score (nSPS) is 10.2. The van der Waals surface area contributed by atoms with Gasteiger partial charge in [-0.1, -0.05) is 17.7 Å². The molecule has 2 rings (SSSR count). The van der Waals surface area contributed by atoms with Gasteiger partial charge in [0.25, 0.3) is 0 Å². The summed E-state index contributed by atoms with van der Waals surface area (Å²) in [6.07, 6.45) is 1.90. The number of carbonyl (C=O) groups is 2. The smallest absolute Gasteiger partial charge is 0.226 e.